The molecule has 0 atom stereocenters. The Balaban J connectivity index is 2.54. The van der Waals surface area contributed by atoms with Gasteiger partial charge in [0.1, 0.15) is 6.61 Å². The molecule has 1 heterocycles. The molecule has 0 aromatic carbocycles. The average Bonchev–Trinajstić information content (AvgIpc) is 2.19. The third-order valence-corrected chi connectivity index (χ3v) is 1.48. The van der Waals surface area contributed by atoms with Crippen LogP contribution in [-0.2, 0) is 4.74 Å². The van der Waals surface area contributed by atoms with Crippen LogP contribution in [0.2, 0.25) is 0 Å². The van der Waals surface area contributed by atoms with Crippen LogP contribution in [0.1, 0.15) is 0 Å². The molecular weight excluding hydrogens is 170 g/mol. The van der Waals surface area contributed by atoms with Crippen LogP contribution in [-0.4, -0.2) is 32.4 Å². The Morgan fingerprint density at radius 2 is 2.15 bits per heavy atom. The predicted molar refractivity (Wildman–Crippen MR) is 48.2 cm³/mol. The zero-order chi connectivity index (χ0) is 9.52. The summed E-state index contributed by atoms with van der Waals surface area (Å²) in [6, 6.07) is 3.59. The van der Waals surface area contributed by atoms with Crippen molar-refractivity contribution >= 4 is 0 Å². The van der Waals surface area contributed by atoms with Gasteiger partial charge in [-0.05, 0) is 12.1 Å². The molecule has 13 heavy (non-hydrogen) atoms. The molecule has 4 heteroatoms. The van der Waals surface area contributed by atoms with Gasteiger partial charge in [-0.15, -0.1) is 0 Å². The van der Waals surface area contributed by atoms with Gasteiger partial charge in [-0.3, -0.25) is 0 Å². The molecule has 1 rings (SSSR count). The Kier molecular flexibility index (Phi) is 4.05. The Bertz CT molecular complexity index is 252. The molecule has 0 bridgehead atoms. The summed E-state index contributed by atoms with van der Waals surface area (Å²) in [4.78, 5) is 4.02. The van der Waals surface area contributed by atoms with Gasteiger partial charge < -0.3 is 14.2 Å². The van der Waals surface area contributed by atoms with E-state index in [4.69, 9.17) is 14.2 Å². The highest BCUT2D eigenvalue weighted by atomic mass is 16.5. The van der Waals surface area contributed by atoms with Crippen molar-refractivity contribution in [3.8, 4) is 11.6 Å². The molecule has 0 spiro atoms. The van der Waals surface area contributed by atoms with E-state index in [1.54, 1.807) is 32.5 Å². The van der Waals surface area contributed by atoms with Gasteiger partial charge in [0.15, 0.2) is 5.75 Å². The molecule has 0 unspecified atom stereocenters. The molecule has 0 radical (unpaired) electrons. The number of pyridine rings is 1. The first-order valence-corrected chi connectivity index (χ1v) is 3.99. The third-order valence-electron chi connectivity index (χ3n) is 1.48. The molecule has 0 saturated carbocycles. The molecule has 1 aromatic rings. The standard InChI is InChI=1S/C9H13NO3/c1-11-6-7-13-9-8(12-2)4-3-5-10-9/h3-5H,6-7H2,1-2H3. The first kappa shape index (κ1) is 9.80. The second-order valence-corrected chi connectivity index (χ2v) is 2.35. The maximum atomic E-state index is 5.31. The predicted octanol–water partition coefficient (Wildman–Crippen LogP) is 1.12. The van der Waals surface area contributed by atoms with Crippen LogP contribution in [0.25, 0.3) is 0 Å². The Hall–Kier alpha value is -1.29. The van der Waals surface area contributed by atoms with Crippen LogP contribution in [0.5, 0.6) is 11.6 Å². The molecule has 0 aliphatic heterocycles. The maximum absolute atomic E-state index is 5.31. The first-order chi connectivity index (χ1) is 6.38. The van der Waals surface area contributed by atoms with Crippen LogP contribution in [0.3, 0.4) is 0 Å². The van der Waals surface area contributed by atoms with E-state index in [1.807, 2.05) is 0 Å². The minimum Gasteiger partial charge on any atom is -0.491 e. The number of ether oxygens (including phenoxy) is 3. The summed E-state index contributed by atoms with van der Waals surface area (Å²) in [6.07, 6.45) is 1.66. The number of hydrogen-bond donors (Lipinski definition) is 0. The summed E-state index contributed by atoms with van der Waals surface area (Å²) in [5.41, 5.74) is 0. The summed E-state index contributed by atoms with van der Waals surface area (Å²) >= 11 is 0. The van der Waals surface area contributed by atoms with Gasteiger partial charge in [-0.25, -0.2) is 4.98 Å². The monoisotopic (exact) mass is 183 g/mol. The van der Waals surface area contributed by atoms with Crippen LogP contribution in [0, 0.1) is 0 Å². The van der Waals surface area contributed by atoms with Gasteiger partial charge in [0.2, 0.25) is 0 Å². The fraction of sp³-hybridized carbons (Fsp3) is 0.444. The lowest BCUT2D eigenvalue weighted by molar-refractivity contribution is 0.141. The lowest BCUT2D eigenvalue weighted by atomic mass is 10.4. The summed E-state index contributed by atoms with van der Waals surface area (Å²) < 4.78 is 15.2. The first-order valence-electron chi connectivity index (χ1n) is 3.99. The molecule has 0 amide bonds. The van der Waals surface area contributed by atoms with Gasteiger partial charge in [0.05, 0.1) is 13.7 Å². The second-order valence-electron chi connectivity index (χ2n) is 2.35. The third kappa shape index (κ3) is 2.91. The fourth-order valence-electron chi connectivity index (χ4n) is 0.861. The molecule has 0 N–H and O–H groups in total. The van der Waals surface area contributed by atoms with Gasteiger partial charge in [0.25, 0.3) is 5.88 Å². The van der Waals surface area contributed by atoms with E-state index >= 15 is 0 Å². The van der Waals surface area contributed by atoms with E-state index in [1.165, 1.54) is 0 Å². The van der Waals surface area contributed by atoms with Crippen molar-refractivity contribution in [1.82, 2.24) is 4.98 Å². The normalized spacial score (nSPS) is 9.69. The van der Waals surface area contributed by atoms with Crippen molar-refractivity contribution in [3.63, 3.8) is 0 Å². The number of aromatic nitrogens is 1. The van der Waals surface area contributed by atoms with Crippen molar-refractivity contribution in [1.29, 1.82) is 0 Å². The maximum Gasteiger partial charge on any atom is 0.257 e. The van der Waals surface area contributed by atoms with E-state index in [0.29, 0.717) is 24.8 Å². The molecule has 0 aliphatic rings. The molecular formula is C9H13NO3. The van der Waals surface area contributed by atoms with E-state index in [-0.39, 0.29) is 0 Å². The van der Waals surface area contributed by atoms with Crippen molar-refractivity contribution in [2.24, 2.45) is 0 Å². The highest BCUT2D eigenvalue weighted by molar-refractivity contribution is 5.32. The number of nitrogens with zero attached hydrogens (tertiary/aromatic N) is 1. The lowest BCUT2D eigenvalue weighted by Crippen LogP contribution is -2.06. The van der Waals surface area contributed by atoms with Crippen molar-refractivity contribution in [3.05, 3.63) is 18.3 Å². The topological polar surface area (TPSA) is 40.6 Å². The number of methoxy groups -OCH3 is 2. The van der Waals surface area contributed by atoms with Gasteiger partial charge in [0, 0.05) is 13.3 Å². The van der Waals surface area contributed by atoms with E-state index < -0.39 is 0 Å². The zero-order valence-electron chi connectivity index (χ0n) is 7.82. The highest BCUT2D eigenvalue weighted by Gasteiger charge is 2.02. The molecule has 72 valence electrons. The summed E-state index contributed by atoms with van der Waals surface area (Å²) in [5.74, 6) is 1.14. The van der Waals surface area contributed by atoms with E-state index in [9.17, 15) is 0 Å². The SMILES string of the molecule is COCCOc1ncccc1OC. The van der Waals surface area contributed by atoms with Gasteiger partial charge >= 0.3 is 0 Å². The molecule has 1 aromatic heterocycles. The molecule has 4 nitrogen and oxygen atoms in total. The minimum atomic E-state index is 0.476. The van der Waals surface area contributed by atoms with Crippen LogP contribution in [0.4, 0.5) is 0 Å². The minimum absolute atomic E-state index is 0.476. The van der Waals surface area contributed by atoms with Crippen LogP contribution < -0.4 is 9.47 Å². The highest BCUT2D eigenvalue weighted by Crippen LogP contribution is 2.22. The van der Waals surface area contributed by atoms with E-state index in [0.717, 1.165) is 0 Å². The fourth-order valence-corrected chi connectivity index (χ4v) is 0.861. The number of rotatable bonds is 5. The zero-order valence-corrected chi connectivity index (χ0v) is 7.82. The molecule has 0 aliphatic carbocycles. The van der Waals surface area contributed by atoms with Crippen LogP contribution >= 0.6 is 0 Å². The van der Waals surface area contributed by atoms with Gasteiger partial charge in [-0.2, -0.15) is 0 Å². The Morgan fingerprint density at radius 1 is 1.31 bits per heavy atom. The summed E-state index contributed by atoms with van der Waals surface area (Å²) in [7, 11) is 3.21. The largest absolute Gasteiger partial charge is 0.491 e. The smallest absolute Gasteiger partial charge is 0.257 e. The molecule has 0 saturated heterocycles. The molecule has 0 fully saturated rings. The Labute approximate surface area is 77.5 Å². The Morgan fingerprint density at radius 3 is 2.85 bits per heavy atom. The summed E-state index contributed by atoms with van der Waals surface area (Å²) in [6.45, 7) is 1.02. The van der Waals surface area contributed by atoms with Crippen molar-refractivity contribution < 1.29 is 14.2 Å². The van der Waals surface area contributed by atoms with Crippen LogP contribution in [0.15, 0.2) is 18.3 Å². The quantitative estimate of drug-likeness (QED) is 0.641. The van der Waals surface area contributed by atoms with Crippen molar-refractivity contribution in [2.45, 2.75) is 0 Å². The number of hydrogen-bond acceptors (Lipinski definition) is 4. The van der Waals surface area contributed by atoms with Crippen molar-refractivity contribution in [2.75, 3.05) is 27.4 Å². The average molecular weight is 183 g/mol. The van der Waals surface area contributed by atoms with Gasteiger partial charge in [-0.1, -0.05) is 0 Å². The van der Waals surface area contributed by atoms with E-state index in [2.05, 4.69) is 4.98 Å². The second kappa shape index (κ2) is 5.37. The lowest BCUT2D eigenvalue weighted by Gasteiger charge is -2.07. The summed E-state index contributed by atoms with van der Waals surface area (Å²) in [5, 5.41) is 0.